The van der Waals surface area contributed by atoms with E-state index in [1.165, 1.54) is 12.3 Å². The summed E-state index contributed by atoms with van der Waals surface area (Å²) in [6, 6.07) is 9.21. The van der Waals surface area contributed by atoms with Crippen LogP contribution in [-0.4, -0.2) is 36.3 Å². The number of aliphatic hydroxyl groups excluding tert-OH is 1. The van der Waals surface area contributed by atoms with Crippen molar-refractivity contribution in [3.05, 3.63) is 94.4 Å². The van der Waals surface area contributed by atoms with Crippen molar-refractivity contribution in [3.8, 4) is 22.4 Å². The monoisotopic (exact) mass is 497 g/mol. The first-order valence-electron chi connectivity index (χ1n) is 10.8. The average molecular weight is 497 g/mol. The smallest absolute Gasteiger partial charge is 0.394 e. The molecule has 5 rings (SSSR count). The lowest BCUT2D eigenvalue weighted by molar-refractivity contribution is -0.137. The van der Waals surface area contributed by atoms with Gasteiger partial charge in [0.2, 0.25) is 0 Å². The number of hydrogen-bond donors (Lipinski definition) is 2. The summed E-state index contributed by atoms with van der Waals surface area (Å²) in [5.74, 6) is -1.11. The molecule has 1 atom stereocenters. The lowest BCUT2D eigenvalue weighted by Crippen LogP contribution is -2.27. The van der Waals surface area contributed by atoms with Gasteiger partial charge in [0.1, 0.15) is 11.5 Å². The summed E-state index contributed by atoms with van der Waals surface area (Å²) in [6.07, 6.45) is 0.120. The number of halogens is 4. The summed E-state index contributed by atoms with van der Waals surface area (Å²) in [5, 5.41) is 22.2. The molecule has 0 saturated heterocycles. The van der Waals surface area contributed by atoms with E-state index in [1.54, 1.807) is 30.1 Å². The number of hydrogen-bond acceptors (Lipinski definition) is 4. The molecular formula is C25H19F4N5O2. The van der Waals surface area contributed by atoms with Gasteiger partial charge in [0, 0.05) is 36.5 Å². The highest BCUT2D eigenvalue weighted by atomic mass is 19.4. The zero-order valence-electron chi connectivity index (χ0n) is 18.8. The Bertz CT molecular complexity index is 1630. The summed E-state index contributed by atoms with van der Waals surface area (Å²) in [4.78, 5) is 13.0. The van der Waals surface area contributed by atoms with Crippen LogP contribution in [0.4, 0.5) is 17.6 Å². The van der Waals surface area contributed by atoms with E-state index in [2.05, 4.69) is 15.3 Å². The van der Waals surface area contributed by atoms with Crippen molar-refractivity contribution < 1.29 is 22.7 Å². The molecule has 0 amide bonds. The van der Waals surface area contributed by atoms with Gasteiger partial charge in [0.15, 0.2) is 0 Å². The molecule has 0 radical (unpaired) electrons. The minimum Gasteiger partial charge on any atom is -0.394 e. The predicted octanol–water partition coefficient (Wildman–Crippen LogP) is 4.53. The van der Waals surface area contributed by atoms with Crippen molar-refractivity contribution in [2.45, 2.75) is 12.2 Å². The van der Waals surface area contributed by atoms with Gasteiger partial charge in [0.05, 0.1) is 29.9 Å². The molecule has 3 heterocycles. The number of aliphatic hydroxyl groups is 1. The summed E-state index contributed by atoms with van der Waals surface area (Å²) in [5.41, 5.74) is 1.64. The third-order valence-corrected chi connectivity index (χ3v) is 5.96. The molecular weight excluding hydrogens is 478 g/mol. The van der Waals surface area contributed by atoms with E-state index in [-0.39, 0.29) is 5.56 Å². The first kappa shape index (κ1) is 23.5. The fourth-order valence-electron chi connectivity index (χ4n) is 4.21. The molecule has 2 N–H and O–H groups in total. The summed E-state index contributed by atoms with van der Waals surface area (Å²) in [6.45, 7) is -0.699. The second-order valence-electron chi connectivity index (χ2n) is 8.37. The maximum Gasteiger partial charge on any atom is 0.416 e. The molecule has 36 heavy (non-hydrogen) atoms. The van der Waals surface area contributed by atoms with Crippen LogP contribution in [0.15, 0.2) is 71.9 Å². The second-order valence-corrected chi connectivity index (χ2v) is 8.37. The number of aryl methyl sites for hydroxylation is 1. The molecule has 0 saturated carbocycles. The van der Waals surface area contributed by atoms with E-state index in [0.29, 0.717) is 22.9 Å². The van der Waals surface area contributed by atoms with Crippen molar-refractivity contribution in [2.75, 3.05) is 6.61 Å². The Kier molecular flexibility index (Phi) is 5.71. The van der Waals surface area contributed by atoms with Gasteiger partial charge in [-0.25, -0.2) is 4.39 Å². The van der Waals surface area contributed by atoms with Crippen molar-refractivity contribution >= 4 is 10.9 Å². The standard InChI is InChI=1S/C25H19F4N5O2/c1-33-12-17(11-30-33)24-20-8-14(2-3-21(20)31-32-24)15-4-5-34(23(36)9-15)22(13-35)16-6-18(25(27,28)29)10-19(26)7-16/h2-12,22,35H,13H2,1H3,(H,31,32)/t22-/m1/s1. The quantitative estimate of drug-likeness (QED) is 0.349. The Morgan fingerprint density at radius 1 is 1.06 bits per heavy atom. The number of fused-ring (bicyclic) bond motifs is 1. The number of aromatic nitrogens is 5. The molecule has 0 unspecified atom stereocenters. The highest BCUT2D eigenvalue weighted by Crippen LogP contribution is 2.33. The third-order valence-electron chi connectivity index (χ3n) is 5.96. The van der Waals surface area contributed by atoms with Gasteiger partial charge in [-0.3, -0.25) is 14.6 Å². The number of rotatable bonds is 5. The van der Waals surface area contributed by atoms with Crippen LogP contribution >= 0.6 is 0 Å². The van der Waals surface area contributed by atoms with Gasteiger partial charge in [0.25, 0.3) is 5.56 Å². The first-order chi connectivity index (χ1) is 17.1. The molecule has 184 valence electrons. The number of alkyl halides is 3. The summed E-state index contributed by atoms with van der Waals surface area (Å²) < 4.78 is 56.1. The van der Waals surface area contributed by atoms with E-state index in [1.807, 2.05) is 18.3 Å². The van der Waals surface area contributed by atoms with Crippen molar-refractivity contribution in [2.24, 2.45) is 7.05 Å². The van der Waals surface area contributed by atoms with Gasteiger partial charge in [-0.1, -0.05) is 6.07 Å². The van der Waals surface area contributed by atoms with Gasteiger partial charge < -0.3 is 9.67 Å². The third kappa shape index (κ3) is 4.29. The fourth-order valence-corrected chi connectivity index (χ4v) is 4.21. The van der Waals surface area contributed by atoms with E-state index in [4.69, 9.17) is 0 Å². The average Bonchev–Trinajstić information content (AvgIpc) is 3.45. The van der Waals surface area contributed by atoms with Crippen molar-refractivity contribution in [3.63, 3.8) is 0 Å². The topological polar surface area (TPSA) is 88.7 Å². The normalized spacial score (nSPS) is 12.8. The van der Waals surface area contributed by atoms with E-state index in [9.17, 15) is 27.5 Å². The van der Waals surface area contributed by atoms with Crippen LogP contribution in [-0.2, 0) is 13.2 Å². The van der Waals surface area contributed by atoms with Crippen LogP contribution < -0.4 is 5.56 Å². The van der Waals surface area contributed by atoms with Gasteiger partial charge in [-0.15, -0.1) is 0 Å². The molecule has 0 spiro atoms. The second kappa shape index (κ2) is 8.76. The van der Waals surface area contributed by atoms with Crippen LogP contribution in [0, 0.1) is 5.82 Å². The van der Waals surface area contributed by atoms with Crippen molar-refractivity contribution in [1.82, 2.24) is 24.5 Å². The number of nitrogens with zero attached hydrogens (tertiary/aromatic N) is 4. The molecule has 0 bridgehead atoms. The van der Waals surface area contributed by atoms with Crippen LogP contribution in [0.1, 0.15) is 17.2 Å². The highest BCUT2D eigenvalue weighted by Gasteiger charge is 2.32. The molecule has 0 fully saturated rings. The number of benzene rings is 2. The van der Waals surface area contributed by atoms with Crippen LogP contribution in [0.25, 0.3) is 33.3 Å². The van der Waals surface area contributed by atoms with Crippen molar-refractivity contribution in [1.29, 1.82) is 0 Å². The molecule has 7 nitrogen and oxygen atoms in total. The minimum atomic E-state index is -4.77. The Hall–Kier alpha value is -4.25. The van der Waals surface area contributed by atoms with E-state index in [0.717, 1.165) is 33.2 Å². The van der Waals surface area contributed by atoms with Crippen LogP contribution in [0.3, 0.4) is 0 Å². The largest absolute Gasteiger partial charge is 0.416 e. The molecule has 3 aromatic heterocycles. The lowest BCUT2D eigenvalue weighted by atomic mass is 10.0. The zero-order chi connectivity index (χ0) is 25.6. The predicted molar refractivity (Wildman–Crippen MR) is 125 cm³/mol. The van der Waals surface area contributed by atoms with E-state index < -0.39 is 35.8 Å². The summed E-state index contributed by atoms with van der Waals surface area (Å²) >= 11 is 0. The number of nitrogens with one attached hydrogen (secondary N) is 1. The number of aromatic amines is 1. The van der Waals surface area contributed by atoms with Gasteiger partial charge >= 0.3 is 6.18 Å². The Morgan fingerprint density at radius 2 is 1.83 bits per heavy atom. The summed E-state index contributed by atoms with van der Waals surface area (Å²) in [7, 11) is 1.80. The molecule has 5 aromatic rings. The Balaban J connectivity index is 1.53. The Morgan fingerprint density at radius 3 is 2.50 bits per heavy atom. The molecule has 0 aliphatic carbocycles. The zero-order valence-corrected chi connectivity index (χ0v) is 18.8. The Labute approximate surface area is 201 Å². The van der Waals surface area contributed by atoms with Gasteiger partial charge in [-0.05, 0) is 53.1 Å². The highest BCUT2D eigenvalue weighted by molar-refractivity contribution is 5.95. The van der Waals surface area contributed by atoms with Crippen LogP contribution in [0.2, 0.25) is 0 Å². The van der Waals surface area contributed by atoms with E-state index >= 15 is 0 Å². The molecule has 2 aromatic carbocycles. The maximum atomic E-state index is 13.9. The minimum absolute atomic E-state index is 0.166. The number of pyridine rings is 1. The van der Waals surface area contributed by atoms with Crippen LogP contribution in [0.5, 0.6) is 0 Å². The number of H-pyrrole nitrogens is 1. The maximum absolute atomic E-state index is 13.9. The first-order valence-corrected chi connectivity index (χ1v) is 10.8. The SMILES string of the molecule is Cn1cc(-c2n[nH]c3ccc(-c4ccn([C@H](CO)c5cc(F)cc(C(F)(F)F)c5)c(=O)c4)cc23)cn1. The molecule has 11 heteroatoms. The lowest BCUT2D eigenvalue weighted by Gasteiger charge is -2.20. The molecule has 0 aliphatic rings. The fraction of sp³-hybridized carbons (Fsp3) is 0.160. The van der Waals surface area contributed by atoms with Gasteiger partial charge in [-0.2, -0.15) is 23.4 Å². The molecule has 0 aliphatic heterocycles.